The van der Waals surface area contributed by atoms with E-state index in [0.29, 0.717) is 32.6 Å². The maximum absolute atomic E-state index is 12.6. The Balaban J connectivity index is 1.85. The standard InChI is InChI=1S/C21H15Cl2N3O4/c22-14-10-16(23)20-13(9-19(30-21(28)29)26-17(20)11-14)8-18(27)25-15-5-3-12(4-6-15)2-1-7-24/h1-6,8,10-11,19,26H,9H2,(H,25,27)(H,28,29)/b2-1+,13-8+. The minimum Gasteiger partial charge on any atom is -0.450 e. The number of hydrogen-bond acceptors (Lipinski definition) is 5. The van der Waals surface area contributed by atoms with Crippen LogP contribution in [0.1, 0.15) is 17.5 Å². The van der Waals surface area contributed by atoms with E-state index in [9.17, 15) is 9.59 Å². The molecule has 2 aromatic carbocycles. The molecule has 30 heavy (non-hydrogen) atoms. The van der Waals surface area contributed by atoms with E-state index >= 15 is 0 Å². The molecule has 0 saturated carbocycles. The Kier molecular flexibility index (Phi) is 6.62. The number of carboxylic acid groups (broad SMARTS) is 1. The summed E-state index contributed by atoms with van der Waals surface area (Å²) < 4.78 is 4.82. The third-order valence-corrected chi connectivity index (χ3v) is 4.69. The molecule has 9 heteroatoms. The van der Waals surface area contributed by atoms with Crippen LogP contribution in [0.3, 0.4) is 0 Å². The lowest BCUT2D eigenvalue weighted by Crippen LogP contribution is -2.30. The molecule has 0 fully saturated rings. The molecule has 0 radical (unpaired) electrons. The summed E-state index contributed by atoms with van der Waals surface area (Å²) in [7, 11) is 0. The quantitative estimate of drug-likeness (QED) is 0.331. The number of fused-ring (bicyclic) bond motifs is 1. The van der Waals surface area contributed by atoms with Gasteiger partial charge in [0.15, 0.2) is 6.23 Å². The summed E-state index contributed by atoms with van der Waals surface area (Å²) in [5.41, 5.74) is 2.90. The number of allylic oxidation sites excluding steroid dienone is 1. The number of halogens is 2. The van der Waals surface area contributed by atoms with Crippen molar-refractivity contribution in [3.63, 3.8) is 0 Å². The second-order valence-electron chi connectivity index (χ2n) is 6.27. The molecule has 3 N–H and O–H groups in total. The van der Waals surface area contributed by atoms with Gasteiger partial charge in [0.05, 0.1) is 11.1 Å². The van der Waals surface area contributed by atoms with Gasteiger partial charge in [-0.15, -0.1) is 0 Å². The number of carbonyl (C=O) groups is 2. The summed E-state index contributed by atoms with van der Waals surface area (Å²) in [6.07, 6.45) is 2.12. The Morgan fingerprint density at radius 3 is 2.67 bits per heavy atom. The third-order valence-electron chi connectivity index (χ3n) is 4.17. The van der Waals surface area contributed by atoms with Gasteiger partial charge in [-0.1, -0.05) is 35.3 Å². The van der Waals surface area contributed by atoms with Gasteiger partial charge in [-0.3, -0.25) is 4.79 Å². The van der Waals surface area contributed by atoms with Crippen LogP contribution in [0.5, 0.6) is 0 Å². The molecule has 0 saturated heterocycles. The number of ether oxygens (including phenoxy) is 1. The largest absolute Gasteiger partial charge is 0.507 e. The van der Waals surface area contributed by atoms with E-state index in [-0.39, 0.29) is 6.42 Å². The number of rotatable bonds is 4. The molecular weight excluding hydrogens is 429 g/mol. The normalized spacial score (nSPS) is 16.4. The van der Waals surface area contributed by atoms with Crippen LogP contribution >= 0.6 is 23.2 Å². The van der Waals surface area contributed by atoms with Crippen LogP contribution in [0.15, 0.2) is 48.6 Å². The Bertz CT molecular complexity index is 1090. The van der Waals surface area contributed by atoms with Crippen LogP contribution in [-0.4, -0.2) is 23.4 Å². The average molecular weight is 444 g/mol. The Labute approximate surface area is 182 Å². The number of nitriles is 1. The summed E-state index contributed by atoms with van der Waals surface area (Å²) in [6, 6.07) is 12.0. The topological polar surface area (TPSA) is 111 Å². The molecular formula is C21H15Cl2N3O4. The molecule has 1 atom stereocenters. The predicted molar refractivity (Wildman–Crippen MR) is 115 cm³/mol. The summed E-state index contributed by atoms with van der Waals surface area (Å²) in [4.78, 5) is 23.5. The lowest BCUT2D eigenvalue weighted by molar-refractivity contribution is -0.111. The summed E-state index contributed by atoms with van der Waals surface area (Å²) in [5, 5.41) is 23.8. The van der Waals surface area contributed by atoms with Crippen molar-refractivity contribution in [1.29, 1.82) is 5.26 Å². The number of anilines is 2. The van der Waals surface area contributed by atoms with E-state index in [0.717, 1.165) is 5.56 Å². The summed E-state index contributed by atoms with van der Waals surface area (Å²) >= 11 is 12.4. The van der Waals surface area contributed by atoms with Crippen molar-refractivity contribution in [3.8, 4) is 6.07 Å². The van der Waals surface area contributed by atoms with Gasteiger partial charge in [-0.05, 0) is 41.5 Å². The first-order valence-corrected chi connectivity index (χ1v) is 9.44. The Hall–Kier alpha value is -3.47. The van der Waals surface area contributed by atoms with Crippen molar-refractivity contribution in [2.45, 2.75) is 12.6 Å². The van der Waals surface area contributed by atoms with Gasteiger partial charge in [-0.25, -0.2) is 4.79 Å². The summed E-state index contributed by atoms with van der Waals surface area (Å²) in [6.45, 7) is 0. The third kappa shape index (κ3) is 5.32. The number of carbonyl (C=O) groups excluding carboxylic acids is 1. The molecule has 0 bridgehead atoms. The number of hydrogen-bond donors (Lipinski definition) is 3. The van der Waals surface area contributed by atoms with Crippen molar-refractivity contribution in [1.82, 2.24) is 0 Å². The van der Waals surface area contributed by atoms with E-state index < -0.39 is 18.3 Å². The fraction of sp³-hybridized carbons (Fsp3) is 0.0952. The number of benzene rings is 2. The highest BCUT2D eigenvalue weighted by molar-refractivity contribution is 6.36. The minimum atomic E-state index is -1.45. The predicted octanol–water partition coefficient (Wildman–Crippen LogP) is 5.39. The van der Waals surface area contributed by atoms with Gasteiger partial charge < -0.3 is 20.5 Å². The molecule has 0 spiro atoms. The highest BCUT2D eigenvalue weighted by Crippen LogP contribution is 2.40. The minimum absolute atomic E-state index is 0.103. The van der Waals surface area contributed by atoms with Crippen molar-refractivity contribution < 1.29 is 19.4 Å². The lowest BCUT2D eigenvalue weighted by atomic mass is 9.95. The molecule has 1 unspecified atom stereocenters. The molecule has 3 rings (SSSR count). The van der Waals surface area contributed by atoms with Crippen LogP contribution in [0.2, 0.25) is 10.0 Å². The number of nitrogens with one attached hydrogen (secondary N) is 2. The van der Waals surface area contributed by atoms with Crippen molar-refractivity contribution >= 4 is 58.3 Å². The Morgan fingerprint density at radius 2 is 2.00 bits per heavy atom. The fourth-order valence-electron chi connectivity index (χ4n) is 3.01. The molecule has 1 aliphatic heterocycles. The number of nitrogens with zero attached hydrogens (tertiary/aromatic N) is 1. The van der Waals surface area contributed by atoms with Crippen LogP contribution in [0, 0.1) is 11.3 Å². The maximum Gasteiger partial charge on any atom is 0.507 e. The van der Waals surface area contributed by atoms with Gasteiger partial charge in [0, 0.05) is 40.5 Å². The van der Waals surface area contributed by atoms with E-state index in [1.807, 2.05) is 6.07 Å². The SMILES string of the molecule is N#C/C=C/c1ccc(NC(=O)/C=C2\CC(OC(=O)O)Nc3cc(Cl)cc(Cl)c32)cc1. The average Bonchev–Trinajstić information content (AvgIpc) is 2.66. The second-order valence-corrected chi connectivity index (χ2v) is 7.12. The monoisotopic (exact) mass is 443 g/mol. The first-order valence-electron chi connectivity index (χ1n) is 8.69. The van der Waals surface area contributed by atoms with Crippen molar-refractivity contribution in [2.75, 3.05) is 10.6 Å². The van der Waals surface area contributed by atoms with Crippen molar-refractivity contribution in [3.05, 3.63) is 69.7 Å². The van der Waals surface area contributed by atoms with E-state index in [2.05, 4.69) is 10.6 Å². The van der Waals surface area contributed by atoms with Crippen LogP contribution in [-0.2, 0) is 9.53 Å². The number of amides is 1. The van der Waals surface area contributed by atoms with Gasteiger partial charge in [0.25, 0.3) is 0 Å². The zero-order valence-electron chi connectivity index (χ0n) is 15.4. The van der Waals surface area contributed by atoms with Crippen LogP contribution in [0.4, 0.5) is 16.2 Å². The maximum atomic E-state index is 12.6. The fourth-order valence-corrected chi connectivity index (χ4v) is 3.63. The molecule has 1 heterocycles. The van der Waals surface area contributed by atoms with Crippen LogP contribution in [0.25, 0.3) is 11.6 Å². The van der Waals surface area contributed by atoms with E-state index in [1.54, 1.807) is 42.5 Å². The molecule has 152 valence electrons. The Morgan fingerprint density at radius 1 is 1.27 bits per heavy atom. The van der Waals surface area contributed by atoms with Gasteiger partial charge in [-0.2, -0.15) is 5.26 Å². The smallest absolute Gasteiger partial charge is 0.450 e. The lowest BCUT2D eigenvalue weighted by Gasteiger charge is -2.28. The highest BCUT2D eigenvalue weighted by atomic mass is 35.5. The molecule has 2 aromatic rings. The second kappa shape index (κ2) is 9.35. The highest BCUT2D eigenvalue weighted by Gasteiger charge is 2.27. The van der Waals surface area contributed by atoms with Gasteiger partial charge >= 0.3 is 6.16 Å². The van der Waals surface area contributed by atoms with Gasteiger partial charge in [0.1, 0.15) is 0 Å². The first-order chi connectivity index (χ1) is 14.4. The zero-order valence-corrected chi connectivity index (χ0v) is 16.9. The molecule has 1 aliphatic rings. The summed E-state index contributed by atoms with van der Waals surface area (Å²) in [5.74, 6) is -0.418. The van der Waals surface area contributed by atoms with E-state index in [4.69, 9.17) is 38.3 Å². The van der Waals surface area contributed by atoms with E-state index in [1.165, 1.54) is 12.2 Å². The van der Waals surface area contributed by atoms with Gasteiger partial charge in [0.2, 0.25) is 5.91 Å². The zero-order chi connectivity index (χ0) is 21.7. The molecule has 0 aliphatic carbocycles. The first kappa shape index (κ1) is 21.2. The van der Waals surface area contributed by atoms with Crippen molar-refractivity contribution in [2.24, 2.45) is 0 Å². The molecule has 1 amide bonds. The molecule has 7 nitrogen and oxygen atoms in total. The van der Waals surface area contributed by atoms with Crippen LogP contribution < -0.4 is 10.6 Å². The molecule has 0 aromatic heterocycles.